The maximum absolute atomic E-state index is 11.8. The summed E-state index contributed by atoms with van der Waals surface area (Å²) in [4.78, 5) is 11.4. The largest absolute Gasteiger partial charge is 0.478 e. The first kappa shape index (κ1) is 17.0. The molecule has 6 nitrogen and oxygen atoms in total. The van der Waals surface area contributed by atoms with Crippen molar-refractivity contribution in [3.63, 3.8) is 0 Å². The summed E-state index contributed by atoms with van der Waals surface area (Å²) in [5, 5.41) is 12.5. The van der Waals surface area contributed by atoms with Gasteiger partial charge in [-0.05, 0) is 37.7 Å². The Kier molecular flexibility index (Phi) is 5.02. The molecule has 1 atom stereocenters. The molecule has 0 radical (unpaired) electrons. The van der Waals surface area contributed by atoms with Crippen molar-refractivity contribution in [3.8, 4) is 0 Å². The summed E-state index contributed by atoms with van der Waals surface area (Å²) in [5.41, 5.74) is 1.27. The Hall–Kier alpha value is -2.38. The van der Waals surface area contributed by atoms with Crippen LogP contribution >= 0.6 is 0 Å². The van der Waals surface area contributed by atoms with Gasteiger partial charge in [0.2, 0.25) is 10.0 Å². The lowest BCUT2D eigenvalue weighted by molar-refractivity contribution is 0.0697. The van der Waals surface area contributed by atoms with Crippen LogP contribution in [0.1, 0.15) is 28.9 Å². The second-order valence-electron chi connectivity index (χ2n) is 5.00. The number of aromatic carboxylic acids is 1. The van der Waals surface area contributed by atoms with Gasteiger partial charge in [-0.15, -0.1) is 0 Å². The van der Waals surface area contributed by atoms with E-state index < -0.39 is 16.0 Å². The van der Waals surface area contributed by atoms with E-state index in [4.69, 9.17) is 0 Å². The van der Waals surface area contributed by atoms with Crippen LogP contribution in [0.25, 0.3) is 0 Å². The Balaban J connectivity index is 2.37. The Morgan fingerprint density at radius 2 is 1.78 bits per heavy atom. The van der Waals surface area contributed by atoms with Gasteiger partial charge in [-0.1, -0.05) is 30.3 Å². The Morgan fingerprint density at radius 3 is 2.35 bits per heavy atom. The summed E-state index contributed by atoms with van der Waals surface area (Å²) in [6.07, 6.45) is 0. The summed E-state index contributed by atoms with van der Waals surface area (Å²) < 4.78 is 25.8. The second-order valence-corrected chi connectivity index (χ2v) is 6.88. The minimum Gasteiger partial charge on any atom is -0.478 e. The third kappa shape index (κ3) is 3.88. The number of carbonyl (C=O) groups is 1. The third-order valence-electron chi connectivity index (χ3n) is 3.47. The molecule has 7 heteroatoms. The molecule has 0 saturated heterocycles. The number of hydrogen-bond acceptors (Lipinski definition) is 4. The van der Waals surface area contributed by atoms with E-state index in [0.29, 0.717) is 5.69 Å². The van der Waals surface area contributed by atoms with Crippen molar-refractivity contribution >= 4 is 21.7 Å². The molecule has 0 spiro atoms. The monoisotopic (exact) mass is 334 g/mol. The maximum Gasteiger partial charge on any atom is 0.337 e. The fourth-order valence-corrected chi connectivity index (χ4v) is 2.93. The number of carboxylic acids is 1. The molecule has 0 saturated carbocycles. The number of anilines is 1. The van der Waals surface area contributed by atoms with Gasteiger partial charge in [0.1, 0.15) is 0 Å². The molecule has 2 rings (SSSR count). The lowest BCUT2D eigenvalue weighted by atomic mass is 10.1. The number of sulfonamides is 1. The maximum atomic E-state index is 11.8. The highest BCUT2D eigenvalue weighted by Crippen LogP contribution is 2.25. The quantitative estimate of drug-likeness (QED) is 0.754. The van der Waals surface area contributed by atoms with Gasteiger partial charge in [-0.25, -0.2) is 17.9 Å². The Labute approximate surface area is 135 Å². The van der Waals surface area contributed by atoms with Crippen LogP contribution in [0.4, 0.5) is 5.69 Å². The number of nitrogens with one attached hydrogen (secondary N) is 2. The first-order chi connectivity index (χ1) is 10.8. The number of hydrogen-bond donors (Lipinski definition) is 3. The molecule has 0 fully saturated rings. The summed E-state index contributed by atoms with van der Waals surface area (Å²) in [6.45, 7) is 1.90. The normalized spacial score (nSPS) is 12.6. The van der Waals surface area contributed by atoms with Crippen molar-refractivity contribution in [3.05, 3.63) is 59.7 Å². The van der Waals surface area contributed by atoms with Gasteiger partial charge in [0.05, 0.1) is 10.5 Å². The molecule has 2 aromatic carbocycles. The standard InChI is InChI=1S/C16H18N2O4S/c1-11(12-6-4-3-5-7-12)18-15-9-8-13(23(21,22)17-2)10-14(15)16(19)20/h3-11,17-18H,1-2H3,(H,19,20)/t11-/m1/s1. The first-order valence-electron chi connectivity index (χ1n) is 6.97. The summed E-state index contributed by atoms with van der Waals surface area (Å²) >= 11 is 0. The van der Waals surface area contributed by atoms with Crippen molar-refractivity contribution in [2.24, 2.45) is 0 Å². The van der Waals surface area contributed by atoms with E-state index in [9.17, 15) is 18.3 Å². The minimum atomic E-state index is -3.69. The second kappa shape index (κ2) is 6.80. The molecular weight excluding hydrogens is 316 g/mol. The van der Waals surface area contributed by atoms with Gasteiger partial charge >= 0.3 is 5.97 Å². The number of rotatable bonds is 6. The van der Waals surface area contributed by atoms with Crippen LogP contribution in [-0.2, 0) is 10.0 Å². The molecule has 0 bridgehead atoms. The first-order valence-corrected chi connectivity index (χ1v) is 8.46. The smallest absolute Gasteiger partial charge is 0.337 e. The highest BCUT2D eigenvalue weighted by molar-refractivity contribution is 7.89. The van der Waals surface area contributed by atoms with Gasteiger partial charge in [-0.2, -0.15) is 0 Å². The lowest BCUT2D eigenvalue weighted by Crippen LogP contribution is -2.19. The van der Waals surface area contributed by atoms with Crippen LogP contribution in [0.2, 0.25) is 0 Å². The summed E-state index contributed by atoms with van der Waals surface area (Å²) in [7, 11) is -2.42. The zero-order chi connectivity index (χ0) is 17.0. The molecule has 0 aliphatic heterocycles. The van der Waals surface area contributed by atoms with Gasteiger partial charge in [0.15, 0.2) is 0 Å². The van der Waals surface area contributed by atoms with E-state index >= 15 is 0 Å². The molecule has 0 aliphatic carbocycles. The van der Waals surface area contributed by atoms with Crippen LogP contribution in [0.15, 0.2) is 53.4 Å². The summed E-state index contributed by atoms with van der Waals surface area (Å²) in [6, 6.07) is 13.4. The molecule has 3 N–H and O–H groups in total. The Bertz CT molecular complexity index is 804. The van der Waals surface area contributed by atoms with Crippen molar-refractivity contribution in [1.82, 2.24) is 4.72 Å². The predicted octanol–water partition coefficient (Wildman–Crippen LogP) is 2.47. The highest BCUT2D eigenvalue weighted by Gasteiger charge is 2.18. The zero-order valence-corrected chi connectivity index (χ0v) is 13.6. The predicted molar refractivity (Wildman–Crippen MR) is 88.1 cm³/mol. The average molecular weight is 334 g/mol. The fourth-order valence-electron chi connectivity index (χ4n) is 2.17. The molecule has 0 unspecified atom stereocenters. The fraction of sp³-hybridized carbons (Fsp3) is 0.188. The van der Waals surface area contributed by atoms with Gasteiger partial charge in [0, 0.05) is 11.7 Å². The SMILES string of the molecule is CNS(=O)(=O)c1ccc(N[C@H](C)c2ccccc2)c(C(=O)O)c1. The Morgan fingerprint density at radius 1 is 1.13 bits per heavy atom. The van der Waals surface area contributed by atoms with Crippen molar-refractivity contribution < 1.29 is 18.3 Å². The minimum absolute atomic E-state index is 0.0877. The van der Waals surface area contributed by atoms with Gasteiger partial charge in [0.25, 0.3) is 0 Å². The van der Waals surface area contributed by atoms with Crippen LogP contribution in [0.3, 0.4) is 0 Å². The van der Waals surface area contributed by atoms with E-state index in [1.54, 1.807) is 0 Å². The van der Waals surface area contributed by atoms with E-state index in [-0.39, 0.29) is 16.5 Å². The highest BCUT2D eigenvalue weighted by atomic mass is 32.2. The zero-order valence-electron chi connectivity index (χ0n) is 12.8. The molecule has 0 aliphatic rings. The van der Waals surface area contributed by atoms with Crippen molar-refractivity contribution in [1.29, 1.82) is 0 Å². The van der Waals surface area contributed by atoms with E-state index in [0.717, 1.165) is 11.6 Å². The van der Waals surface area contributed by atoms with E-state index in [2.05, 4.69) is 10.0 Å². The van der Waals surface area contributed by atoms with Crippen LogP contribution in [-0.4, -0.2) is 26.5 Å². The molecule has 122 valence electrons. The van der Waals surface area contributed by atoms with Crippen LogP contribution < -0.4 is 10.0 Å². The molecule has 2 aromatic rings. The number of carboxylic acid groups (broad SMARTS) is 1. The van der Waals surface area contributed by atoms with Crippen LogP contribution in [0, 0.1) is 0 Å². The van der Waals surface area contributed by atoms with Gasteiger partial charge < -0.3 is 10.4 Å². The molecule has 0 amide bonds. The van der Waals surface area contributed by atoms with Crippen molar-refractivity contribution in [2.75, 3.05) is 12.4 Å². The molecule has 23 heavy (non-hydrogen) atoms. The van der Waals surface area contributed by atoms with Gasteiger partial charge in [-0.3, -0.25) is 0 Å². The van der Waals surface area contributed by atoms with E-state index in [1.165, 1.54) is 19.2 Å². The molecule has 0 heterocycles. The summed E-state index contributed by atoms with van der Waals surface area (Å²) in [5.74, 6) is -1.19. The third-order valence-corrected chi connectivity index (χ3v) is 4.88. The lowest BCUT2D eigenvalue weighted by Gasteiger charge is -2.18. The topological polar surface area (TPSA) is 95.5 Å². The van der Waals surface area contributed by atoms with E-state index in [1.807, 2.05) is 37.3 Å². The molecular formula is C16H18N2O4S. The number of benzene rings is 2. The van der Waals surface area contributed by atoms with Crippen molar-refractivity contribution in [2.45, 2.75) is 17.9 Å². The molecule has 0 aromatic heterocycles. The average Bonchev–Trinajstić information content (AvgIpc) is 2.55. The van der Waals surface area contributed by atoms with Crippen LogP contribution in [0.5, 0.6) is 0 Å².